The predicted octanol–water partition coefficient (Wildman–Crippen LogP) is 4.96. The van der Waals surface area contributed by atoms with Crippen molar-refractivity contribution in [2.45, 2.75) is 33.4 Å². The topological polar surface area (TPSA) is 54.6 Å². The number of hydrogen-bond acceptors (Lipinski definition) is 3. The second-order valence-corrected chi connectivity index (χ2v) is 6.84. The Morgan fingerprint density at radius 3 is 2.52 bits per heavy atom. The first kappa shape index (κ1) is 17.5. The molecule has 1 N–H and O–H groups in total. The minimum absolute atomic E-state index is 0.0385. The Kier molecular flexibility index (Phi) is 4.10. The van der Waals surface area contributed by atoms with E-state index >= 15 is 0 Å². The molecule has 0 unspecified atom stereocenters. The van der Waals surface area contributed by atoms with Gasteiger partial charge >= 0.3 is 12.1 Å². The zero-order valence-corrected chi connectivity index (χ0v) is 14.5. The molecule has 3 aromatic rings. The van der Waals surface area contributed by atoms with Gasteiger partial charge in [-0.05, 0) is 25.8 Å². The van der Waals surface area contributed by atoms with E-state index in [0.717, 1.165) is 31.7 Å². The van der Waals surface area contributed by atoms with Gasteiger partial charge in [0.15, 0.2) is 16.3 Å². The minimum atomic E-state index is -4.83. The molecule has 0 atom stereocenters. The highest BCUT2D eigenvalue weighted by Crippen LogP contribution is 2.40. The van der Waals surface area contributed by atoms with Crippen molar-refractivity contribution < 1.29 is 23.1 Å². The molecule has 0 aliphatic heterocycles. The van der Waals surface area contributed by atoms with Crippen LogP contribution in [0.1, 0.15) is 39.1 Å². The van der Waals surface area contributed by atoms with E-state index in [1.54, 1.807) is 0 Å². The molecule has 0 aliphatic rings. The van der Waals surface area contributed by atoms with E-state index in [4.69, 9.17) is 0 Å². The average molecular weight is 368 g/mol. The molecule has 0 saturated heterocycles. The summed E-state index contributed by atoms with van der Waals surface area (Å²) in [7, 11) is 0. The molecule has 4 nitrogen and oxygen atoms in total. The van der Waals surface area contributed by atoms with Crippen LogP contribution in [0.2, 0.25) is 0 Å². The number of aryl methyl sites for hydroxylation is 3. The van der Waals surface area contributed by atoms with Crippen LogP contribution in [0.25, 0.3) is 16.2 Å². The minimum Gasteiger partial charge on any atom is -0.476 e. The van der Waals surface area contributed by atoms with E-state index in [2.05, 4.69) is 4.98 Å². The van der Waals surface area contributed by atoms with Gasteiger partial charge in [-0.25, -0.2) is 9.78 Å². The number of carboxylic acid groups (broad SMARTS) is 1. The highest BCUT2D eigenvalue weighted by molar-refractivity contribution is 7.17. The van der Waals surface area contributed by atoms with Crippen LogP contribution in [0.15, 0.2) is 18.2 Å². The first-order valence-electron chi connectivity index (χ1n) is 7.57. The Balaban J connectivity index is 2.45. The van der Waals surface area contributed by atoms with E-state index in [1.807, 2.05) is 39.0 Å². The molecule has 2 aromatic heterocycles. The molecule has 1 aromatic carbocycles. The van der Waals surface area contributed by atoms with Crippen molar-refractivity contribution in [1.82, 2.24) is 9.38 Å². The third kappa shape index (κ3) is 2.80. The maximum atomic E-state index is 13.2. The Hall–Kier alpha value is -2.35. The summed E-state index contributed by atoms with van der Waals surface area (Å²) in [5.41, 5.74) is 0.870. The Bertz CT molecular complexity index is 986. The van der Waals surface area contributed by atoms with Crippen molar-refractivity contribution >= 4 is 22.3 Å². The van der Waals surface area contributed by atoms with Gasteiger partial charge in [0.25, 0.3) is 0 Å². The lowest BCUT2D eigenvalue weighted by Crippen LogP contribution is -2.14. The zero-order valence-electron chi connectivity index (χ0n) is 13.7. The summed E-state index contributed by atoms with van der Waals surface area (Å²) in [5.74, 6) is -1.65. The van der Waals surface area contributed by atoms with Gasteiger partial charge in [-0.3, -0.25) is 4.40 Å². The van der Waals surface area contributed by atoms with Gasteiger partial charge < -0.3 is 5.11 Å². The van der Waals surface area contributed by atoms with Gasteiger partial charge in [-0.1, -0.05) is 30.7 Å². The van der Waals surface area contributed by atoms with Crippen molar-refractivity contribution in [3.8, 4) is 11.3 Å². The number of aromatic carboxylic acids is 1. The van der Waals surface area contributed by atoms with Gasteiger partial charge in [0.1, 0.15) is 0 Å². The van der Waals surface area contributed by atoms with Crippen molar-refractivity contribution in [3.05, 3.63) is 45.6 Å². The number of nitrogens with zero attached hydrogens (tertiary/aromatic N) is 2. The second kappa shape index (κ2) is 5.87. The molecule has 0 bridgehead atoms. The summed E-state index contributed by atoms with van der Waals surface area (Å²) in [5, 5.41) is 9.43. The summed E-state index contributed by atoms with van der Waals surface area (Å²) in [6.45, 7) is 5.65. The molecule has 0 aliphatic carbocycles. The molecule has 0 radical (unpaired) electrons. The average Bonchev–Trinajstić information content (AvgIpc) is 3.02. The Labute approximate surface area is 145 Å². The number of aromatic nitrogens is 2. The van der Waals surface area contributed by atoms with Crippen LogP contribution >= 0.6 is 11.3 Å². The van der Waals surface area contributed by atoms with Crippen molar-refractivity contribution in [2.24, 2.45) is 0 Å². The van der Waals surface area contributed by atoms with E-state index in [0.29, 0.717) is 17.7 Å². The quantitative estimate of drug-likeness (QED) is 0.711. The number of hydrogen-bond donors (Lipinski definition) is 1. The lowest BCUT2D eigenvalue weighted by Gasteiger charge is -2.10. The van der Waals surface area contributed by atoms with Crippen LogP contribution in [-0.2, 0) is 12.6 Å². The molecule has 2 heterocycles. The van der Waals surface area contributed by atoms with Crippen molar-refractivity contribution in [1.29, 1.82) is 0 Å². The summed E-state index contributed by atoms with van der Waals surface area (Å²) >= 11 is 1.09. The van der Waals surface area contributed by atoms with Crippen LogP contribution < -0.4 is 0 Å². The maximum Gasteiger partial charge on any atom is 0.435 e. The molecular weight excluding hydrogens is 353 g/mol. The second-order valence-electron chi connectivity index (χ2n) is 5.78. The number of rotatable bonds is 3. The number of alkyl halides is 3. The molecule has 0 saturated carbocycles. The number of halogens is 3. The third-order valence-electron chi connectivity index (χ3n) is 3.98. The monoisotopic (exact) mass is 368 g/mol. The first-order chi connectivity index (χ1) is 11.6. The van der Waals surface area contributed by atoms with Crippen molar-refractivity contribution in [3.63, 3.8) is 0 Å². The Morgan fingerprint density at radius 1 is 1.32 bits per heavy atom. The predicted molar refractivity (Wildman–Crippen MR) is 89.3 cm³/mol. The SMILES string of the molecule is CCc1sc2nc(C(F)(F)F)c(C(=O)O)n2c1-c1ccc(C)cc1C. The van der Waals surface area contributed by atoms with Crippen LogP contribution in [0, 0.1) is 13.8 Å². The van der Waals surface area contributed by atoms with Crippen molar-refractivity contribution in [2.75, 3.05) is 0 Å². The van der Waals surface area contributed by atoms with E-state index < -0.39 is 23.5 Å². The van der Waals surface area contributed by atoms with Crippen LogP contribution in [0.3, 0.4) is 0 Å². The van der Waals surface area contributed by atoms with Crippen LogP contribution in [0.4, 0.5) is 13.2 Å². The number of carbonyl (C=O) groups is 1. The van der Waals surface area contributed by atoms with Gasteiger partial charge in [-0.15, -0.1) is 11.3 Å². The van der Waals surface area contributed by atoms with Gasteiger partial charge in [0.05, 0.1) is 5.69 Å². The smallest absolute Gasteiger partial charge is 0.435 e. The normalized spacial score (nSPS) is 12.1. The molecule has 0 spiro atoms. The summed E-state index contributed by atoms with van der Waals surface area (Å²) in [6.07, 6.45) is -4.26. The van der Waals surface area contributed by atoms with E-state index in [9.17, 15) is 23.1 Å². The summed E-state index contributed by atoms with van der Waals surface area (Å²) < 4.78 is 40.8. The maximum absolute atomic E-state index is 13.2. The van der Waals surface area contributed by atoms with Crippen LogP contribution in [-0.4, -0.2) is 20.5 Å². The number of carboxylic acids is 1. The molecular formula is C17H15F3N2O2S. The Morgan fingerprint density at radius 2 is 2.00 bits per heavy atom. The fourth-order valence-electron chi connectivity index (χ4n) is 2.94. The van der Waals surface area contributed by atoms with Gasteiger partial charge in [0, 0.05) is 10.4 Å². The molecule has 0 fully saturated rings. The molecule has 0 amide bonds. The number of benzene rings is 1. The van der Waals surface area contributed by atoms with Gasteiger partial charge in [0.2, 0.25) is 0 Å². The summed E-state index contributed by atoms with van der Waals surface area (Å²) in [4.78, 5) is 16.0. The van der Waals surface area contributed by atoms with Crippen LogP contribution in [0.5, 0.6) is 0 Å². The fourth-order valence-corrected chi connectivity index (χ4v) is 4.02. The highest BCUT2D eigenvalue weighted by atomic mass is 32.1. The van der Waals surface area contributed by atoms with E-state index in [-0.39, 0.29) is 4.96 Å². The molecule has 3 rings (SSSR count). The fraction of sp³-hybridized carbons (Fsp3) is 0.294. The standard InChI is InChI=1S/C17H15F3N2O2S/c1-4-11-12(10-6-5-8(2)7-9(10)3)22-13(15(23)24)14(17(18,19)20)21-16(22)25-11/h5-7H,4H2,1-3H3,(H,23,24). The lowest BCUT2D eigenvalue weighted by atomic mass is 10.0. The first-order valence-corrected chi connectivity index (χ1v) is 8.39. The molecule has 8 heteroatoms. The number of fused-ring (bicyclic) bond motifs is 1. The zero-order chi connectivity index (χ0) is 18.5. The lowest BCUT2D eigenvalue weighted by molar-refractivity contribution is -0.141. The highest BCUT2D eigenvalue weighted by Gasteiger charge is 2.41. The molecule has 132 valence electrons. The largest absolute Gasteiger partial charge is 0.476 e. The third-order valence-corrected chi connectivity index (χ3v) is 5.16. The van der Waals surface area contributed by atoms with E-state index in [1.165, 1.54) is 0 Å². The summed E-state index contributed by atoms with van der Waals surface area (Å²) in [6, 6.07) is 5.58. The number of imidazole rings is 1. The number of thiazole rings is 1. The molecule has 25 heavy (non-hydrogen) atoms. The van der Waals surface area contributed by atoms with Gasteiger partial charge in [-0.2, -0.15) is 13.2 Å².